The Morgan fingerprint density at radius 1 is 1.33 bits per heavy atom. The van der Waals surface area contributed by atoms with E-state index in [0.29, 0.717) is 17.4 Å². The number of amides is 1. The quantitative estimate of drug-likeness (QED) is 0.890. The van der Waals surface area contributed by atoms with Crippen LogP contribution in [-0.2, 0) is 17.0 Å². The molecule has 0 saturated carbocycles. The summed E-state index contributed by atoms with van der Waals surface area (Å²) in [7, 11) is 1.64. The number of hydrogen-bond donors (Lipinski definition) is 1. The Labute approximate surface area is 129 Å². The molecule has 21 heavy (non-hydrogen) atoms. The minimum Gasteiger partial charge on any atom is -0.441 e. The van der Waals surface area contributed by atoms with E-state index in [1.807, 2.05) is 19.1 Å². The number of carbonyl (C=O) groups is 1. The first kappa shape index (κ1) is 15.6. The van der Waals surface area contributed by atoms with Crippen LogP contribution < -0.4 is 5.32 Å². The normalized spacial score (nSPS) is 10.6. The molecule has 0 spiro atoms. The van der Waals surface area contributed by atoms with Gasteiger partial charge in [0.25, 0.3) is 0 Å². The van der Waals surface area contributed by atoms with Crippen molar-refractivity contribution in [3.05, 3.63) is 41.3 Å². The third-order valence-electron chi connectivity index (χ3n) is 3.25. The number of benzene rings is 1. The van der Waals surface area contributed by atoms with E-state index >= 15 is 0 Å². The Hall–Kier alpha value is -1.75. The highest BCUT2D eigenvalue weighted by Gasteiger charge is 2.12. The molecule has 0 bridgehead atoms. The zero-order chi connectivity index (χ0) is 15.2. The van der Waals surface area contributed by atoms with E-state index in [2.05, 4.69) is 29.4 Å². The number of oxazole rings is 1. The minimum atomic E-state index is 0.0246. The number of nitrogens with zero attached hydrogens (tertiary/aromatic N) is 1. The van der Waals surface area contributed by atoms with Crippen LogP contribution in [-0.4, -0.2) is 23.7 Å². The van der Waals surface area contributed by atoms with Gasteiger partial charge in [-0.1, -0.05) is 19.1 Å². The molecule has 1 aromatic heterocycles. The molecule has 4 nitrogen and oxygen atoms in total. The molecule has 1 amide bonds. The van der Waals surface area contributed by atoms with E-state index in [-0.39, 0.29) is 5.91 Å². The molecule has 0 aliphatic rings. The van der Waals surface area contributed by atoms with Crippen LogP contribution in [0.3, 0.4) is 0 Å². The molecular weight excluding hydrogens is 284 g/mol. The van der Waals surface area contributed by atoms with E-state index in [1.165, 1.54) is 17.3 Å². The predicted molar refractivity (Wildman–Crippen MR) is 86.3 cm³/mol. The van der Waals surface area contributed by atoms with Crippen molar-refractivity contribution in [3.8, 4) is 11.5 Å². The Bertz CT molecular complexity index is 605. The highest BCUT2D eigenvalue weighted by Crippen LogP contribution is 2.24. The van der Waals surface area contributed by atoms with Crippen LogP contribution in [0, 0.1) is 6.92 Å². The van der Waals surface area contributed by atoms with E-state index in [4.69, 9.17) is 4.42 Å². The first-order valence-electron chi connectivity index (χ1n) is 6.98. The summed E-state index contributed by atoms with van der Waals surface area (Å²) in [6.07, 6.45) is 1.02. The van der Waals surface area contributed by atoms with Gasteiger partial charge in [0.15, 0.2) is 0 Å². The number of carbonyl (C=O) groups excluding carboxylic acids is 1. The SMILES string of the molecule is CCc1ccc(-c2nc(CSCC(=O)NC)c(C)o2)cc1. The van der Waals surface area contributed by atoms with Crippen molar-refractivity contribution in [3.63, 3.8) is 0 Å². The van der Waals surface area contributed by atoms with Crippen LogP contribution in [0.5, 0.6) is 0 Å². The van der Waals surface area contributed by atoms with Crippen molar-refractivity contribution in [2.24, 2.45) is 0 Å². The van der Waals surface area contributed by atoms with Crippen molar-refractivity contribution in [2.75, 3.05) is 12.8 Å². The first-order chi connectivity index (χ1) is 10.1. The smallest absolute Gasteiger partial charge is 0.229 e. The van der Waals surface area contributed by atoms with Gasteiger partial charge in [-0.2, -0.15) is 0 Å². The van der Waals surface area contributed by atoms with Gasteiger partial charge in [-0.3, -0.25) is 4.79 Å². The lowest BCUT2D eigenvalue weighted by molar-refractivity contribution is -0.118. The molecule has 2 aromatic rings. The van der Waals surface area contributed by atoms with Gasteiger partial charge in [-0.25, -0.2) is 4.98 Å². The highest BCUT2D eigenvalue weighted by atomic mass is 32.2. The summed E-state index contributed by atoms with van der Waals surface area (Å²) in [5.41, 5.74) is 3.18. The predicted octanol–water partition coefficient (Wildman–Crippen LogP) is 3.19. The van der Waals surface area contributed by atoms with E-state index in [9.17, 15) is 4.79 Å². The summed E-state index contributed by atoms with van der Waals surface area (Å²) in [5, 5.41) is 2.60. The zero-order valence-electron chi connectivity index (χ0n) is 12.6. The van der Waals surface area contributed by atoms with Gasteiger partial charge in [0.05, 0.1) is 11.4 Å². The largest absolute Gasteiger partial charge is 0.441 e. The molecule has 0 aliphatic heterocycles. The molecule has 0 aliphatic carbocycles. The fraction of sp³-hybridized carbons (Fsp3) is 0.375. The van der Waals surface area contributed by atoms with Crippen LogP contribution in [0.25, 0.3) is 11.5 Å². The minimum absolute atomic E-state index is 0.0246. The summed E-state index contributed by atoms with van der Waals surface area (Å²) < 4.78 is 5.73. The van der Waals surface area contributed by atoms with Gasteiger partial charge in [0, 0.05) is 18.4 Å². The van der Waals surface area contributed by atoms with Crippen LogP contribution in [0.4, 0.5) is 0 Å². The Morgan fingerprint density at radius 3 is 2.67 bits per heavy atom. The topological polar surface area (TPSA) is 55.1 Å². The Balaban J connectivity index is 2.05. The van der Waals surface area contributed by atoms with Crippen molar-refractivity contribution < 1.29 is 9.21 Å². The average Bonchev–Trinajstić information content (AvgIpc) is 2.88. The maximum absolute atomic E-state index is 11.2. The molecule has 0 atom stereocenters. The van der Waals surface area contributed by atoms with Gasteiger partial charge >= 0.3 is 0 Å². The van der Waals surface area contributed by atoms with Crippen molar-refractivity contribution in [1.29, 1.82) is 0 Å². The Morgan fingerprint density at radius 2 is 2.05 bits per heavy atom. The lowest BCUT2D eigenvalue weighted by atomic mass is 10.1. The third kappa shape index (κ3) is 4.11. The summed E-state index contributed by atoms with van der Waals surface area (Å²) >= 11 is 1.53. The van der Waals surface area contributed by atoms with Crippen molar-refractivity contribution >= 4 is 17.7 Å². The lowest BCUT2D eigenvalue weighted by Crippen LogP contribution is -2.19. The molecule has 1 heterocycles. The second kappa shape index (κ2) is 7.31. The summed E-state index contributed by atoms with van der Waals surface area (Å²) in [5.74, 6) is 2.59. The van der Waals surface area contributed by atoms with Crippen LogP contribution in [0.2, 0.25) is 0 Å². The summed E-state index contributed by atoms with van der Waals surface area (Å²) in [4.78, 5) is 15.7. The van der Waals surface area contributed by atoms with Gasteiger partial charge < -0.3 is 9.73 Å². The maximum Gasteiger partial charge on any atom is 0.229 e. The zero-order valence-corrected chi connectivity index (χ0v) is 13.4. The molecule has 2 rings (SSSR count). The molecule has 0 radical (unpaired) electrons. The monoisotopic (exact) mass is 304 g/mol. The Kier molecular flexibility index (Phi) is 5.44. The highest BCUT2D eigenvalue weighted by molar-refractivity contribution is 7.99. The van der Waals surface area contributed by atoms with Gasteiger partial charge in [0.2, 0.25) is 11.8 Å². The fourth-order valence-electron chi connectivity index (χ4n) is 1.88. The van der Waals surface area contributed by atoms with Gasteiger partial charge in [-0.05, 0) is 31.0 Å². The number of rotatable bonds is 6. The fourth-order valence-corrected chi connectivity index (χ4v) is 2.77. The van der Waals surface area contributed by atoms with E-state index in [0.717, 1.165) is 23.4 Å². The van der Waals surface area contributed by atoms with E-state index < -0.39 is 0 Å². The number of aryl methyl sites for hydroxylation is 2. The molecule has 0 fully saturated rings. The number of nitrogens with one attached hydrogen (secondary N) is 1. The van der Waals surface area contributed by atoms with Crippen LogP contribution >= 0.6 is 11.8 Å². The third-order valence-corrected chi connectivity index (χ3v) is 4.20. The molecule has 1 N–H and O–H groups in total. The molecule has 0 unspecified atom stereocenters. The molecule has 5 heteroatoms. The summed E-state index contributed by atoms with van der Waals surface area (Å²) in [6, 6.07) is 8.25. The number of thioether (sulfide) groups is 1. The van der Waals surface area contributed by atoms with Crippen LogP contribution in [0.1, 0.15) is 23.9 Å². The summed E-state index contributed by atoms with van der Waals surface area (Å²) in [6.45, 7) is 4.04. The molecule has 1 aromatic carbocycles. The molecule has 112 valence electrons. The molecule has 0 saturated heterocycles. The average molecular weight is 304 g/mol. The second-order valence-corrected chi connectivity index (χ2v) is 5.72. The second-order valence-electron chi connectivity index (χ2n) is 4.74. The van der Waals surface area contributed by atoms with Crippen LogP contribution in [0.15, 0.2) is 28.7 Å². The van der Waals surface area contributed by atoms with E-state index in [1.54, 1.807) is 7.05 Å². The van der Waals surface area contributed by atoms with Crippen molar-refractivity contribution in [1.82, 2.24) is 10.3 Å². The van der Waals surface area contributed by atoms with Gasteiger partial charge in [-0.15, -0.1) is 11.8 Å². The lowest BCUT2D eigenvalue weighted by Gasteiger charge is -1.98. The first-order valence-corrected chi connectivity index (χ1v) is 8.13. The van der Waals surface area contributed by atoms with Crippen molar-refractivity contribution in [2.45, 2.75) is 26.0 Å². The number of aromatic nitrogens is 1. The maximum atomic E-state index is 11.2. The molecular formula is C16H20N2O2S. The standard InChI is InChI=1S/C16H20N2O2S/c1-4-12-5-7-13(8-6-12)16-18-14(11(2)20-16)9-21-10-15(19)17-3/h5-8H,4,9-10H2,1-3H3,(H,17,19). The van der Waals surface area contributed by atoms with Gasteiger partial charge in [0.1, 0.15) is 5.76 Å². The number of hydrogen-bond acceptors (Lipinski definition) is 4.